The molecule has 0 radical (unpaired) electrons. The number of aryl methyl sites for hydroxylation is 3. The Morgan fingerprint density at radius 3 is 2.50 bits per heavy atom. The van der Waals surface area contributed by atoms with Crippen LogP contribution in [0.2, 0.25) is 0 Å². The Labute approximate surface area is 122 Å². The van der Waals surface area contributed by atoms with Crippen molar-refractivity contribution < 1.29 is 0 Å². The van der Waals surface area contributed by atoms with Crippen LogP contribution < -0.4 is 5.32 Å². The molecule has 106 valence electrons. The zero-order valence-corrected chi connectivity index (χ0v) is 12.9. The van der Waals surface area contributed by atoms with Crippen LogP contribution in [-0.4, -0.2) is 11.5 Å². The Morgan fingerprint density at radius 1 is 1.10 bits per heavy atom. The van der Waals surface area contributed by atoms with Gasteiger partial charge in [0.25, 0.3) is 0 Å². The van der Waals surface area contributed by atoms with Crippen LogP contribution in [-0.2, 0) is 6.42 Å². The number of hydrogen-bond donors (Lipinski definition) is 1. The van der Waals surface area contributed by atoms with E-state index in [1.807, 2.05) is 6.20 Å². The molecule has 2 nitrogen and oxygen atoms in total. The van der Waals surface area contributed by atoms with Gasteiger partial charge >= 0.3 is 0 Å². The van der Waals surface area contributed by atoms with Gasteiger partial charge in [-0.3, -0.25) is 4.98 Å². The second-order valence-electron chi connectivity index (χ2n) is 5.46. The number of nitrogens with one attached hydrogen (secondary N) is 1. The van der Waals surface area contributed by atoms with E-state index in [1.165, 1.54) is 27.9 Å². The molecule has 1 unspecified atom stereocenters. The molecule has 1 aromatic heterocycles. The summed E-state index contributed by atoms with van der Waals surface area (Å²) in [6.07, 6.45) is 2.95. The number of hydrogen-bond acceptors (Lipinski definition) is 2. The molecule has 2 aromatic rings. The fraction of sp³-hybridized carbons (Fsp3) is 0.389. The van der Waals surface area contributed by atoms with E-state index in [4.69, 9.17) is 0 Å². The molecule has 2 heteroatoms. The normalized spacial score (nSPS) is 12.4. The third kappa shape index (κ3) is 3.45. The van der Waals surface area contributed by atoms with Crippen molar-refractivity contribution >= 4 is 0 Å². The van der Waals surface area contributed by atoms with Gasteiger partial charge in [-0.05, 0) is 56.0 Å². The van der Waals surface area contributed by atoms with Gasteiger partial charge in [0.15, 0.2) is 0 Å². The summed E-state index contributed by atoms with van der Waals surface area (Å²) in [5.41, 5.74) is 6.39. The summed E-state index contributed by atoms with van der Waals surface area (Å²) >= 11 is 0. The van der Waals surface area contributed by atoms with Crippen LogP contribution in [0.4, 0.5) is 0 Å². The molecule has 0 aliphatic carbocycles. The molecule has 2 rings (SSSR count). The monoisotopic (exact) mass is 268 g/mol. The van der Waals surface area contributed by atoms with Gasteiger partial charge in [0.2, 0.25) is 0 Å². The molecule has 0 saturated carbocycles. The van der Waals surface area contributed by atoms with Gasteiger partial charge in [-0.15, -0.1) is 0 Å². The average Bonchev–Trinajstić information content (AvgIpc) is 2.41. The molecule has 0 aliphatic heterocycles. The Balaban J connectivity index is 2.29. The van der Waals surface area contributed by atoms with Gasteiger partial charge in [-0.25, -0.2) is 0 Å². The highest BCUT2D eigenvalue weighted by Gasteiger charge is 2.15. The van der Waals surface area contributed by atoms with Gasteiger partial charge in [0.05, 0.1) is 11.7 Å². The second-order valence-corrected chi connectivity index (χ2v) is 5.46. The summed E-state index contributed by atoms with van der Waals surface area (Å²) in [7, 11) is 0. The predicted molar refractivity (Wildman–Crippen MR) is 85.0 cm³/mol. The highest BCUT2D eigenvalue weighted by Crippen LogP contribution is 2.22. The van der Waals surface area contributed by atoms with E-state index in [9.17, 15) is 0 Å². The Bertz CT molecular complexity index is 575. The summed E-state index contributed by atoms with van der Waals surface area (Å²) < 4.78 is 0. The minimum Gasteiger partial charge on any atom is -0.309 e. The van der Waals surface area contributed by atoms with Gasteiger partial charge in [0.1, 0.15) is 0 Å². The van der Waals surface area contributed by atoms with Crippen LogP contribution in [0.15, 0.2) is 36.5 Å². The zero-order chi connectivity index (χ0) is 14.5. The lowest BCUT2D eigenvalue weighted by molar-refractivity contribution is 0.532. The molecular formula is C18H24N2. The lowest BCUT2D eigenvalue weighted by Gasteiger charge is -2.20. The maximum absolute atomic E-state index is 4.66. The van der Waals surface area contributed by atoms with Crippen molar-refractivity contribution in [2.24, 2.45) is 0 Å². The number of pyridine rings is 1. The number of rotatable bonds is 5. The molecule has 0 amide bonds. The Morgan fingerprint density at radius 2 is 1.85 bits per heavy atom. The van der Waals surface area contributed by atoms with E-state index in [2.05, 4.69) is 68.3 Å². The number of aromatic nitrogens is 1. The molecular weight excluding hydrogens is 244 g/mol. The van der Waals surface area contributed by atoms with Gasteiger partial charge in [-0.1, -0.05) is 37.3 Å². The van der Waals surface area contributed by atoms with Crippen LogP contribution >= 0.6 is 0 Å². The molecule has 0 bridgehead atoms. The van der Waals surface area contributed by atoms with Crippen molar-refractivity contribution in [1.29, 1.82) is 0 Å². The highest BCUT2D eigenvalue weighted by atomic mass is 14.9. The largest absolute Gasteiger partial charge is 0.309 e. The van der Waals surface area contributed by atoms with Crippen molar-refractivity contribution in [3.63, 3.8) is 0 Å². The van der Waals surface area contributed by atoms with Crippen LogP contribution in [0.25, 0.3) is 0 Å². The first-order valence-corrected chi connectivity index (χ1v) is 7.32. The van der Waals surface area contributed by atoms with E-state index in [0.29, 0.717) is 0 Å². The van der Waals surface area contributed by atoms with Crippen LogP contribution in [0.3, 0.4) is 0 Å². The molecule has 0 aliphatic rings. The van der Waals surface area contributed by atoms with E-state index in [0.717, 1.165) is 13.0 Å². The maximum Gasteiger partial charge on any atom is 0.0605 e. The fourth-order valence-electron chi connectivity index (χ4n) is 2.66. The topological polar surface area (TPSA) is 24.9 Å². The Hall–Kier alpha value is -1.67. The molecule has 1 atom stereocenters. The molecule has 1 heterocycles. The highest BCUT2D eigenvalue weighted by molar-refractivity contribution is 5.31. The smallest absolute Gasteiger partial charge is 0.0605 e. The van der Waals surface area contributed by atoms with Crippen LogP contribution in [0.1, 0.15) is 40.9 Å². The third-order valence-electron chi connectivity index (χ3n) is 3.72. The van der Waals surface area contributed by atoms with Gasteiger partial charge in [0, 0.05) is 6.20 Å². The zero-order valence-electron chi connectivity index (χ0n) is 12.9. The van der Waals surface area contributed by atoms with Gasteiger partial charge < -0.3 is 5.32 Å². The first kappa shape index (κ1) is 14.7. The minimum atomic E-state index is 0.279. The van der Waals surface area contributed by atoms with Crippen molar-refractivity contribution in [1.82, 2.24) is 10.3 Å². The van der Waals surface area contributed by atoms with E-state index < -0.39 is 0 Å². The van der Waals surface area contributed by atoms with Crippen LogP contribution in [0, 0.1) is 20.8 Å². The molecule has 20 heavy (non-hydrogen) atoms. The summed E-state index contributed by atoms with van der Waals surface area (Å²) in [5.74, 6) is 0. The summed E-state index contributed by atoms with van der Waals surface area (Å²) in [4.78, 5) is 4.66. The molecule has 0 spiro atoms. The SMILES string of the molecule is CCNC(Cc1ccccc1C)c1ncc(C)cc1C. The maximum atomic E-state index is 4.66. The van der Waals surface area contributed by atoms with E-state index >= 15 is 0 Å². The molecule has 0 fully saturated rings. The summed E-state index contributed by atoms with van der Waals surface area (Å²) in [5, 5.41) is 3.57. The summed E-state index contributed by atoms with van der Waals surface area (Å²) in [6.45, 7) is 9.51. The standard InChI is InChI=1S/C18H24N2/c1-5-19-17(11-16-9-7-6-8-14(16)3)18-15(4)10-13(2)12-20-18/h6-10,12,17,19H,5,11H2,1-4H3. The van der Waals surface area contributed by atoms with Crippen LogP contribution in [0.5, 0.6) is 0 Å². The average molecular weight is 268 g/mol. The van der Waals surface area contributed by atoms with Gasteiger partial charge in [-0.2, -0.15) is 0 Å². The number of nitrogens with zero attached hydrogens (tertiary/aromatic N) is 1. The van der Waals surface area contributed by atoms with E-state index in [1.54, 1.807) is 0 Å². The first-order chi connectivity index (χ1) is 9.61. The molecule has 0 saturated heterocycles. The van der Waals surface area contributed by atoms with Crippen molar-refractivity contribution in [3.8, 4) is 0 Å². The second kappa shape index (κ2) is 6.67. The molecule has 1 aromatic carbocycles. The van der Waals surface area contributed by atoms with E-state index in [-0.39, 0.29) is 6.04 Å². The number of benzene rings is 1. The van der Waals surface area contributed by atoms with Crippen molar-refractivity contribution in [2.45, 2.75) is 40.2 Å². The lowest BCUT2D eigenvalue weighted by Crippen LogP contribution is -2.25. The molecule has 1 N–H and O–H groups in total. The summed E-state index contributed by atoms with van der Waals surface area (Å²) in [6, 6.07) is 11.1. The minimum absolute atomic E-state index is 0.279. The van der Waals surface area contributed by atoms with Crippen molar-refractivity contribution in [2.75, 3.05) is 6.54 Å². The third-order valence-corrected chi connectivity index (χ3v) is 3.72. The lowest BCUT2D eigenvalue weighted by atomic mass is 9.96. The quantitative estimate of drug-likeness (QED) is 0.889. The van der Waals surface area contributed by atoms with Crippen molar-refractivity contribution in [3.05, 3.63) is 64.5 Å². The Kier molecular flexibility index (Phi) is 4.91. The first-order valence-electron chi connectivity index (χ1n) is 7.32. The predicted octanol–water partition coefficient (Wildman–Crippen LogP) is 3.90. The number of likely N-dealkylation sites (N-methyl/N-ethyl adjacent to an activating group) is 1. The fourth-order valence-corrected chi connectivity index (χ4v) is 2.66.